The predicted molar refractivity (Wildman–Crippen MR) is 91.9 cm³/mol. The Kier molecular flexibility index (Phi) is 6.91. The molecule has 0 radical (unpaired) electrons. The quantitative estimate of drug-likeness (QED) is 0.772. The average molecular weight is 302 g/mol. The maximum Gasteiger partial charge on any atom is 0.225 e. The molecule has 0 spiro atoms. The first-order valence-corrected chi connectivity index (χ1v) is 8.79. The molecule has 1 aromatic rings. The number of aryl methyl sites for hydroxylation is 1. The molecule has 0 aliphatic carbocycles. The van der Waals surface area contributed by atoms with Crippen LogP contribution < -0.4 is 0 Å². The highest BCUT2D eigenvalue weighted by Crippen LogP contribution is 2.20. The minimum Gasteiger partial charge on any atom is -0.343 e. The first-order chi connectivity index (χ1) is 10.7. The van der Waals surface area contributed by atoms with Crippen LogP contribution in [-0.2, 0) is 11.2 Å². The van der Waals surface area contributed by atoms with E-state index in [1.54, 1.807) is 0 Å². The zero-order valence-electron chi connectivity index (χ0n) is 14.1. The second-order valence-electron chi connectivity index (χ2n) is 6.22. The highest BCUT2D eigenvalue weighted by atomic mass is 16.2. The summed E-state index contributed by atoms with van der Waals surface area (Å²) in [5.74, 6) is 0.624. The molecule has 1 aromatic carbocycles. The largest absolute Gasteiger partial charge is 0.343 e. The normalized spacial score (nSPS) is 16.6. The molecular formula is C19H30N2O. The van der Waals surface area contributed by atoms with Gasteiger partial charge in [-0.05, 0) is 64.7 Å². The van der Waals surface area contributed by atoms with Gasteiger partial charge in [0, 0.05) is 19.0 Å². The maximum atomic E-state index is 12.4. The average Bonchev–Trinajstić information content (AvgIpc) is 2.57. The van der Waals surface area contributed by atoms with E-state index < -0.39 is 0 Å². The first kappa shape index (κ1) is 17.0. The number of piperidine rings is 1. The summed E-state index contributed by atoms with van der Waals surface area (Å²) in [6, 6.07) is 10.7. The van der Waals surface area contributed by atoms with Crippen molar-refractivity contribution in [3.63, 3.8) is 0 Å². The molecule has 3 nitrogen and oxygen atoms in total. The first-order valence-electron chi connectivity index (χ1n) is 8.79. The van der Waals surface area contributed by atoms with Crippen molar-refractivity contribution in [3.8, 4) is 0 Å². The van der Waals surface area contributed by atoms with Gasteiger partial charge in [-0.1, -0.05) is 30.3 Å². The monoisotopic (exact) mass is 302 g/mol. The molecule has 2 rings (SSSR count). The molecule has 0 unspecified atom stereocenters. The SMILES string of the molecule is CCN(CC)C(=O)C1CCN(CCCc2ccccc2)CC1. The summed E-state index contributed by atoms with van der Waals surface area (Å²) in [7, 11) is 0. The number of likely N-dealkylation sites (tertiary alicyclic amines) is 1. The van der Waals surface area contributed by atoms with Crippen LogP contribution in [0.1, 0.15) is 38.7 Å². The molecule has 3 heteroatoms. The van der Waals surface area contributed by atoms with E-state index >= 15 is 0 Å². The third-order valence-electron chi connectivity index (χ3n) is 4.79. The van der Waals surface area contributed by atoms with Crippen molar-refractivity contribution in [1.29, 1.82) is 0 Å². The molecule has 22 heavy (non-hydrogen) atoms. The summed E-state index contributed by atoms with van der Waals surface area (Å²) in [4.78, 5) is 16.9. The second kappa shape index (κ2) is 8.94. The van der Waals surface area contributed by atoms with Gasteiger partial charge in [0.15, 0.2) is 0 Å². The summed E-state index contributed by atoms with van der Waals surface area (Å²) in [6.07, 6.45) is 4.42. The summed E-state index contributed by atoms with van der Waals surface area (Å²) < 4.78 is 0. The zero-order chi connectivity index (χ0) is 15.8. The predicted octanol–water partition coefficient (Wildman–Crippen LogP) is 3.20. The van der Waals surface area contributed by atoms with E-state index in [0.717, 1.165) is 52.0 Å². The lowest BCUT2D eigenvalue weighted by atomic mass is 9.95. The fourth-order valence-electron chi connectivity index (χ4n) is 3.35. The van der Waals surface area contributed by atoms with Crippen molar-refractivity contribution in [1.82, 2.24) is 9.80 Å². The molecule has 1 saturated heterocycles. The third-order valence-corrected chi connectivity index (χ3v) is 4.79. The van der Waals surface area contributed by atoms with Crippen molar-refractivity contribution in [3.05, 3.63) is 35.9 Å². The van der Waals surface area contributed by atoms with Crippen LogP contribution in [0.25, 0.3) is 0 Å². The number of carbonyl (C=O) groups excluding carboxylic acids is 1. The van der Waals surface area contributed by atoms with Crippen molar-refractivity contribution >= 4 is 5.91 Å². The molecule has 0 N–H and O–H groups in total. The summed E-state index contributed by atoms with van der Waals surface area (Å²) in [6.45, 7) is 9.12. The van der Waals surface area contributed by atoms with Gasteiger partial charge in [-0.3, -0.25) is 4.79 Å². The van der Waals surface area contributed by atoms with E-state index in [-0.39, 0.29) is 5.92 Å². The van der Waals surface area contributed by atoms with Gasteiger partial charge in [0.2, 0.25) is 5.91 Å². The van der Waals surface area contributed by atoms with Crippen molar-refractivity contribution in [2.45, 2.75) is 39.5 Å². The zero-order valence-corrected chi connectivity index (χ0v) is 14.1. The minimum absolute atomic E-state index is 0.255. The third kappa shape index (κ3) is 4.84. The number of hydrogen-bond acceptors (Lipinski definition) is 2. The Morgan fingerprint density at radius 2 is 1.77 bits per heavy atom. The van der Waals surface area contributed by atoms with Crippen LogP contribution in [0.4, 0.5) is 0 Å². The standard InChI is InChI=1S/C19H30N2O/c1-3-21(4-2)19(22)18-12-15-20(16-13-18)14-8-11-17-9-6-5-7-10-17/h5-7,9-10,18H,3-4,8,11-16H2,1-2H3. The Morgan fingerprint density at radius 1 is 1.14 bits per heavy atom. The summed E-state index contributed by atoms with van der Waals surface area (Å²) >= 11 is 0. The Labute approximate surface area is 135 Å². The number of rotatable bonds is 7. The summed E-state index contributed by atoms with van der Waals surface area (Å²) in [5.41, 5.74) is 1.43. The topological polar surface area (TPSA) is 23.6 Å². The van der Waals surface area contributed by atoms with E-state index in [1.165, 1.54) is 12.0 Å². The molecule has 0 atom stereocenters. The van der Waals surface area contributed by atoms with Crippen molar-refractivity contribution in [2.75, 3.05) is 32.7 Å². The number of nitrogens with zero attached hydrogens (tertiary/aromatic N) is 2. The highest BCUT2D eigenvalue weighted by molar-refractivity contribution is 5.78. The van der Waals surface area contributed by atoms with Crippen LogP contribution in [0.5, 0.6) is 0 Å². The van der Waals surface area contributed by atoms with Gasteiger partial charge >= 0.3 is 0 Å². The molecule has 0 saturated carbocycles. The highest BCUT2D eigenvalue weighted by Gasteiger charge is 2.27. The molecule has 1 heterocycles. The van der Waals surface area contributed by atoms with E-state index in [9.17, 15) is 4.79 Å². The van der Waals surface area contributed by atoms with Crippen molar-refractivity contribution in [2.24, 2.45) is 5.92 Å². The second-order valence-corrected chi connectivity index (χ2v) is 6.22. The minimum atomic E-state index is 0.255. The lowest BCUT2D eigenvalue weighted by Crippen LogP contribution is -2.42. The lowest BCUT2D eigenvalue weighted by Gasteiger charge is -2.33. The van der Waals surface area contributed by atoms with Crippen LogP contribution in [0.2, 0.25) is 0 Å². The van der Waals surface area contributed by atoms with Gasteiger partial charge in [-0.2, -0.15) is 0 Å². The van der Waals surface area contributed by atoms with Crippen LogP contribution in [0.3, 0.4) is 0 Å². The van der Waals surface area contributed by atoms with E-state index in [1.807, 2.05) is 4.90 Å². The fourth-order valence-corrected chi connectivity index (χ4v) is 3.35. The number of hydrogen-bond donors (Lipinski definition) is 0. The molecule has 0 aromatic heterocycles. The smallest absolute Gasteiger partial charge is 0.225 e. The molecule has 122 valence electrons. The van der Waals surface area contributed by atoms with Gasteiger partial charge in [-0.25, -0.2) is 0 Å². The Hall–Kier alpha value is -1.35. The van der Waals surface area contributed by atoms with Crippen LogP contribution in [-0.4, -0.2) is 48.4 Å². The number of carbonyl (C=O) groups is 1. The Morgan fingerprint density at radius 3 is 2.36 bits per heavy atom. The Balaban J connectivity index is 1.68. The summed E-state index contributed by atoms with van der Waals surface area (Å²) in [5, 5.41) is 0. The Bertz CT molecular complexity index is 434. The van der Waals surface area contributed by atoms with Crippen LogP contribution in [0, 0.1) is 5.92 Å². The molecule has 1 aliphatic heterocycles. The van der Waals surface area contributed by atoms with Gasteiger partial charge in [0.1, 0.15) is 0 Å². The molecule has 1 fully saturated rings. The fraction of sp³-hybridized carbons (Fsp3) is 0.632. The molecule has 0 bridgehead atoms. The molecule has 1 amide bonds. The van der Waals surface area contributed by atoms with Gasteiger partial charge in [0.25, 0.3) is 0 Å². The van der Waals surface area contributed by atoms with Gasteiger partial charge in [-0.15, -0.1) is 0 Å². The molecule has 1 aliphatic rings. The van der Waals surface area contributed by atoms with E-state index in [4.69, 9.17) is 0 Å². The van der Waals surface area contributed by atoms with E-state index in [2.05, 4.69) is 49.1 Å². The number of amides is 1. The van der Waals surface area contributed by atoms with Crippen LogP contribution >= 0.6 is 0 Å². The number of benzene rings is 1. The van der Waals surface area contributed by atoms with Gasteiger partial charge in [0.05, 0.1) is 0 Å². The van der Waals surface area contributed by atoms with Crippen LogP contribution in [0.15, 0.2) is 30.3 Å². The lowest BCUT2D eigenvalue weighted by molar-refractivity contribution is -0.136. The molecular weight excluding hydrogens is 272 g/mol. The maximum absolute atomic E-state index is 12.4. The van der Waals surface area contributed by atoms with E-state index in [0.29, 0.717) is 5.91 Å². The van der Waals surface area contributed by atoms with Gasteiger partial charge < -0.3 is 9.80 Å². The van der Waals surface area contributed by atoms with Crippen molar-refractivity contribution < 1.29 is 4.79 Å².